The summed E-state index contributed by atoms with van der Waals surface area (Å²) in [6, 6.07) is 23.3. The molecule has 5 N–H and O–H groups in total. The van der Waals surface area contributed by atoms with Crippen molar-refractivity contribution < 1.29 is 29.3 Å². The van der Waals surface area contributed by atoms with Crippen LogP contribution in [0, 0.1) is 5.41 Å². The van der Waals surface area contributed by atoms with Gasteiger partial charge in [-0.25, -0.2) is 9.80 Å². The summed E-state index contributed by atoms with van der Waals surface area (Å²) in [5.41, 5.74) is 5.22. The number of hydrogen-bond donors (Lipinski definition) is 5. The van der Waals surface area contributed by atoms with E-state index in [1.807, 2.05) is 107 Å². The summed E-state index contributed by atoms with van der Waals surface area (Å²) in [6.45, 7) is 6.20. The lowest BCUT2D eigenvalue weighted by Gasteiger charge is -2.33. The lowest BCUT2D eigenvalue weighted by Crippen LogP contribution is -2.57. The number of nitrogens with one attached hydrogen (secondary N) is 3. The number of ether oxygens (including phenoxy) is 1. The molecule has 4 atom stereocenters. The number of fused-ring (bicyclic) bond motifs is 1. The Bertz CT molecular complexity index is 1510. The molecule has 1 aliphatic rings. The van der Waals surface area contributed by atoms with Crippen LogP contribution >= 0.6 is 0 Å². The average Bonchev–Trinajstić information content (AvgIpc) is 3.34. The zero-order valence-corrected chi connectivity index (χ0v) is 28.0. The molecule has 4 rings (SSSR count). The molecule has 0 spiro atoms. The molecule has 0 saturated heterocycles. The van der Waals surface area contributed by atoms with Crippen LogP contribution in [0.5, 0.6) is 0 Å². The van der Waals surface area contributed by atoms with E-state index in [2.05, 4.69) is 16.1 Å². The Labute approximate surface area is 278 Å². The zero-order valence-electron chi connectivity index (χ0n) is 28.0. The van der Waals surface area contributed by atoms with Crippen LogP contribution in [0.3, 0.4) is 0 Å². The van der Waals surface area contributed by atoms with E-state index in [0.717, 1.165) is 27.7 Å². The molecule has 3 aromatic rings. The van der Waals surface area contributed by atoms with E-state index in [1.165, 1.54) is 7.11 Å². The first-order valence-corrected chi connectivity index (χ1v) is 16.1. The first-order valence-electron chi connectivity index (χ1n) is 16.1. The van der Waals surface area contributed by atoms with Crippen LogP contribution < -0.4 is 21.5 Å². The normalized spacial score (nSPS) is 17.7. The predicted octanol–water partition coefficient (Wildman–Crippen LogP) is 2.08. The highest BCUT2D eigenvalue weighted by atomic mass is 16.5. The largest absolute Gasteiger partial charge is 0.453 e. The highest BCUT2D eigenvalue weighted by Crippen LogP contribution is 2.32. The summed E-state index contributed by atoms with van der Waals surface area (Å²) in [7, 11) is 3.24. The lowest BCUT2D eigenvalue weighted by molar-refractivity contribution is -0.142. The number of hydrogen-bond acceptors (Lipinski definition) is 7. The summed E-state index contributed by atoms with van der Waals surface area (Å²) in [4.78, 5) is 39.5. The molecule has 1 aliphatic carbocycles. The van der Waals surface area contributed by atoms with Gasteiger partial charge in [0.05, 0.1) is 19.3 Å². The number of hydrazine groups is 1. The van der Waals surface area contributed by atoms with Gasteiger partial charge in [0.15, 0.2) is 0 Å². The van der Waals surface area contributed by atoms with E-state index in [0.29, 0.717) is 25.9 Å². The van der Waals surface area contributed by atoms with Gasteiger partial charge in [0.25, 0.3) is 11.8 Å². The van der Waals surface area contributed by atoms with E-state index in [-0.39, 0.29) is 12.8 Å². The van der Waals surface area contributed by atoms with Crippen LogP contribution in [0.25, 0.3) is 0 Å². The molecule has 0 aromatic heterocycles. The number of alkyl carbamates (subject to hydrolysis) is 1. The summed E-state index contributed by atoms with van der Waals surface area (Å²) >= 11 is 0. The third-order valence-corrected chi connectivity index (χ3v) is 8.61. The van der Waals surface area contributed by atoms with Gasteiger partial charge in [-0.1, -0.05) is 105 Å². The molecule has 0 heterocycles. The first kappa shape index (κ1) is 35.7. The maximum absolute atomic E-state index is 13.9. The molecule has 0 radical (unpaired) electrons. The Morgan fingerprint density at radius 1 is 0.979 bits per heavy atom. The van der Waals surface area contributed by atoms with Gasteiger partial charge in [0.1, 0.15) is 19.5 Å². The number of rotatable bonds is 13. The highest BCUT2D eigenvalue weighted by Gasteiger charge is 2.40. The number of amides is 3. The van der Waals surface area contributed by atoms with Gasteiger partial charge in [-0.05, 0) is 40.5 Å². The number of methoxy groups -OCH3 is 1. The van der Waals surface area contributed by atoms with Crippen LogP contribution in [-0.4, -0.2) is 72.4 Å². The van der Waals surface area contributed by atoms with Crippen LogP contribution in [0.1, 0.15) is 61.9 Å². The van der Waals surface area contributed by atoms with Gasteiger partial charge in [0, 0.05) is 25.9 Å². The second kappa shape index (κ2) is 15.6. The Hall–Kier alpha value is -4.19. The zero-order chi connectivity index (χ0) is 34.2. The maximum atomic E-state index is 13.9. The number of carbonyl (C=O) groups is 3. The molecule has 3 aromatic carbocycles. The molecule has 0 aliphatic heterocycles. The van der Waals surface area contributed by atoms with E-state index in [1.54, 1.807) is 5.01 Å². The fourth-order valence-corrected chi connectivity index (χ4v) is 5.96. The third-order valence-electron chi connectivity index (χ3n) is 8.61. The van der Waals surface area contributed by atoms with E-state index >= 15 is 0 Å². The van der Waals surface area contributed by atoms with Crippen LogP contribution in [0.4, 0.5) is 4.79 Å². The summed E-state index contributed by atoms with van der Waals surface area (Å²) in [5, 5.41) is 30.1. The van der Waals surface area contributed by atoms with Crippen molar-refractivity contribution in [3.05, 3.63) is 101 Å². The number of aliphatic hydroxyl groups excluding tert-OH is 1. The molecule has 0 saturated carbocycles. The molecule has 0 bridgehead atoms. The van der Waals surface area contributed by atoms with Crippen molar-refractivity contribution in [3.63, 3.8) is 0 Å². The van der Waals surface area contributed by atoms with Crippen molar-refractivity contribution in [2.24, 2.45) is 5.41 Å². The van der Waals surface area contributed by atoms with Crippen molar-refractivity contribution in [2.75, 3.05) is 13.7 Å². The van der Waals surface area contributed by atoms with Gasteiger partial charge in [0.2, 0.25) is 0 Å². The molecular weight excluding hydrogens is 595 g/mol. The molecular formula is C36H47BN4O6. The smallest absolute Gasteiger partial charge is 0.407 e. The number of benzene rings is 3. The van der Waals surface area contributed by atoms with Gasteiger partial charge in [-0.3, -0.25) is 15.0 Å². The average molecular weight is 643 g/mol. The monoisotopic (exact) mass is 642 g/mol. The standard InChI is InChI=1S/C36H47BN4O6/c1-35(2,3)31(39-34(45)47-4)32(43)40-41(23-25-15-17-27(37)18-16-25)20-10-19-36(46,22-24-11-6-5-7-12-24)33(44)38-30-28-14-9-8-13-26(28)21-29(30)42/h5-9,11-18,29-31,42,46H,10,19-23,37H2,1-4H3,(H,38,44)(H,39,45)(H,40,43)/t29-,30+,31-,36-/m1/s1. The molecule has 0 fully saturated rings. The number of carbonyl (C=O) groups excluding carboxylic acids is 3. The minimum atomic E-state index is -1.79. The van der Waals surface area contributed by atoms with E-state index in [4.69, 9.17) is 4.74 Å². The Morgan fingerprint density at radius 2 is 1.64 bits per heavy atom. The second-order valence-corrected chi connectivity index (χ2v) is 13.5. The minimum absolute atomic E-state index is 0.0730. The van der Waals surface area contributed by atoms with Crippen molar-refractivity contribution in [1.29, 1.82) is 0 Å². The highest BCUT2D eigenvalue weighted by molar-refractivity contribution is 6.32. The van der Waals surface area contributed by atoms with Gasteiger partial charge < -0.3 is 25.6 Å². The summed E-state index contributed by atoms with van der Waals surface area (Å²) in [5.74, 6) is -0.979. The van der Waals surface area contributed by atoms with Gasteiger partial charge in [-0.15, -0.1) is 0 Å². The van der Waals surface area contributed by atoms with E-state index in [9.17, 15) is 24.6 Å². The topological polar surface area (TPSA) is 140 Å². The Morgan fingerprint density at radius 3 is 2.30 bits per heavy atom. The van der Waals surface area contributed by atoms with Gasteiger partial charge in [-0.2, -0.15) is 0 Å². The molecule has 10 nitrogen and oxygen atoms in total. The first-order chi connectivity index (χ1) is 22.3. The third kappa shape index (κ3) is 9.67. The van der Waals surface area contributed by atoms with Crippen molar-refractivity contribution in [2.45, 2.75) is 76.8 Å². The van der Waals surface area contributed by atoms with Crippen LogP contribution in [0.2, 0.25) is 0 Å². The molecule has 47 heavy (non-hydrogen) atoms. The predicted molar refractivity (Wildman–Crippen MR) is 183 cm³/mol. The molecule has 0 unspecified atom stereocenters. The van der Waals surface area contributed by atoms with Crippen molar-refractivity contribution in [1.82, 2.24) is 21.1 Å². The molecule has 3 amide bonds. The fourth-order valence-electron chi connectivity index (χ4n) is 5.96. The van der Waals surface area contributed by atoms with E-state index < -0.39 is 47.1 Å². The summed E-state index contributed by atoms with van der Waals surface area (Å²) in [6.07, 6.45) is -0.585. The molecule has 11 heteroatoms. The number of nitrogens with zero attached hydrogens (tertiary/aromatic N) is 1. The van der Waals surface area contributed by atoms with Crippen molar-refractivity contribution in [3.8, 4) is 0 Å². The minimum Gasteiger partial charge on any atom is -0.453 e. The quantitative estimate of drug-likeness (QED) is 0.142. The molecule has 250 valence electrons. The summed E-state index contributed by atoms with van der Waals surface area (Å²) < 4.78 is 4.76. The van der Waals surface area contributed by atoms with Crippen LogP contribution in [0.15, 0.2) is 78.9 Å². The second-order valence-electron chi connectivity index (χ2n) is 13.5. The SMILES string of the molecule is Bc1ccc(CN(CCC[C@@](O)(Cc2ccccc2)C(=O)N[C@H]2c3ccccc3C[C@H]2O)NC(=O)[C@@H](NC(=O)OC)C(C)(C)C)cc1. The van der Waals surface area contributed by atoms with Crippen molar-refractivity contribution >= 4 is 31.2 Å². The van der Waals surface area contributed by atoms with Gasteiger partial charge >= 0.3 is 6.09 Å². The number of aliphatic hydroxyl groups is 2. The lowest BCUT2D eigenvalue weighted by atomic mass is 9.86. The Kier molecular flexibility index (Phi) is 11.8. The van der Waals surface area contributed by atoms with Crippen LogP contribution in [-0.2, 0) is 33.7 Å². The Balaban J connectivity index is 1.53. The maximum Gasteiger partial charge on any atom is 0.407 e. The fraction of sp³-hybridized carbons (Fsp3) is 0.417.